The summed E-state index contributed by atoms with van der Waals surface area (Å²) in [7, 11) is 0. The minimum absolute atomic E-state index is 0.298. The first kappa shape index (κ1) is 15.3. The van der Waals surface area contributed by atoms with Gasteiger partial charge in [0, 0.05) is 0 Å². The molecule has 0 heterocycles. The van der Waals surface area contributed by atoms with E-state index in [1.54, 1.807) is 30.3 Å². The lowest BCUT2D eigenvalue weighted by Gasteiger charge is -2.07. The van der Waals surface area contributed by atoms with E-state index in [9.17, 15) is 4.79 Å². The van der Waals surface area contributed by atoms with Crippen LogP contribution in [-0.4, -0.2) is 11.1 Å². The number of ether oxygens (including phenoxy) is 1. The van der Waals surface area contributed by atoms with Crippen LogP contribution >= 0.6 is 0 Å². The van der Waals surface area contributed by atoms with Crippen LogP contribution < -0.4 is 4.74 Å². The van der Waals surface area contributed by atoms with Gasteiger partial charge < -0.3 is 9.84 Å². The monoisotopic (exact) mass is 293 g/mol. The van der Waals surface area contributed by atoms with Crippen LogP contribution in [0.1, 0.15) is 16.7 Å². The van der Waals surface area contributed by atoms with Crippen LogP contribution in [0.4, 0.5) is 0 Å². The van der Waals surface area contributed by atoms with Gasteiger partial charge >= 0.3 is 5.97 Å². The van der Waals surface area contributed by atoms with Crippen molar-refractivity contribution in [2.24, 2.45) is 0 Å². The van der Waals surface area contributed by atoms with Crippen molar-refractivity contribution in [3.8, 4) is 11.8 Å². The van der Waals surface area contributed by atoms with E-state index in [1.807, 2.05) is 31.2 Å². The number of aliphatic carboxylic acids is 1. The summed E-state index contributed by atoms with van der Waals surface area (Å²) in [4.78, 5) is 10.8. The normalized spacial score (nSPS) is 10.8. The van der Waals surface area contributed by atoms with Gasteiger partial charge in [-0.2, -0.15) is 5.26 Å². The molecule has 2 rings (SSSR count). The second kappa shape index (κ2) is 7.09. The van der Waals surface area contributed by atoms with Crippen molar-refractivity contribution in [1.82, 2.24) is 0 Å². The molecule has 4 heteroatoms. The largest absolute Gasteiger partial charge is 0.489 e. The number of hydrogen-bond acceptors (Lipinski definition) is 3. The Hall–Kier alpha value is -3.06. The standard InChI is InChI=1S/C18H15NO3/c1-13-2-4-15(5-3-13)12-22-17-8-6-14(7-9-17)10-16(11-19)18(20)21/h2-10H,12H2,1H3,(H,20,21)/b16-10+. The molecule has 2 aromatic carbocycles. The van der Waals surface area contributed by atoms with Gasteiger partial charge in [-0.05, 0) is 36.3 Å². The number of carboxylic acids is 1. The third-order valence-electron chi connectivity index (χ3n) is 3.07. The smallest absolute Gasteiger partial charge is 0.346 e. The molecular formula is C18H15NO3. The lowest BCUT2D eigenvalue weighted by Crippen LogP contribution is -1.97. The van der Waals surface area contributed by atoms with Crippen LogP contribution in [0.15, 0.2) is 54.1 Å². The zero-order valence-electron chi connectivity index (χ0n) is 12.1. The Morgan fingerprint density at radius 3 is 2.36 bits per heavy atom. The molecule has 0 atom stereocenters. The van der Waals surface area contributed by atoms with Gasteiger partial charge in [-0.25, -0.2) is 4.79 Å². The van der Waals surface area contributed by atoms with Crippen molar-refractivity contribution in [3.05, 3.63) is 70.8 Å². The number of carbonyl (C=O) groups is 1. The van der Waals surface area contributed by atoms with Crippen LogP contribution in [-0.2, 0) is 11.4 Å². The number of nitrogens with zero attached hydrogens (tertiary/aromatic N) is 1. The molecular weight excluding hydrogens is 278 g/mol. The molecule has 0 aromatic heterocycles. The van der Waals surface area contributed by atoms with E-state index in [4.69, 9.17) is 15.1 Å². The first-order valence-corrected chi connectivity index (χ1v) is 6.72. The zero-order valence-corrected chi connectivity index (χ0v) is 12.1. The molecule has 0 unspecified atom stereocenters. The Kier molecular flexibility index (Phi) is 4.94. The predicted molar refractivity (Wildman–Crippen MR) is 83.2 cm³/mol. The summed E-state index contributed by atoms with van der Waals surface area (Å²) in [5, 5.41) is 17.5. The summed E-state index contributed by atoms with van der Waals surface area (Å²) in [5.74, 6) is -0.547. The summed E-state index contributed by atoms with van der Waals surface area (Å²) in [5.41, 5.74) is 2.62. The van der Waals surface area contributed by atoms with Crippen LogP contribution in [0, 0.1) is 18.3 Å². The number of benzene rings is 2. The summed E-state index contributed by atoms with van der Waals surface area (Å²) in [6.07, 6.45) is 1.33. The Labute approximate surface area is 128 Å². The van der Waals surface area contributed by atoms with Crippen LogP contribution in [0.5, 0.6) is 5.75 Å². The van der Waals surface area contributed by atoms with Crippen molar-refractivity contribution < 1.29 is 14.6 Å². The van der Waals surface area contributed by atoms with Crippen molar-refractivity contribution in [2.45, 2.75) is 13.5 Å². The second-order valence-corrected chi connectivity index (χ2v) is 4.82. The van der Waals surface area contributed by atoms with Gasteiger partial charge in [0.25, 0.3) is 0 Å². The molecule has 0 radical (unpaired) electrons. The van der Waals surface area contributed by atoms with Gasteiger partial charge in [0.05, 0.1) is 0 Å². The Morgan fingerprint density at radius 2 is 1.82 bits per heavy atom. The maximum atomic E-state index is 10.8. The number of aryl methyl sites for hydroxylation is 1. The molecule has 0 amide bonds. The minimum atomic E-state index is -1.23. The molecule has 0 saturated carbocycles. The molecule has 0 aliphatic heterocycles. The summed E-state index contributed by atoms with van der Waals surface area (Å²) < 4.78 is 5.66. The van der Waals surface area contributed by atoms with Crippen molar-refractivity contribution in [3.63, 3.8) is 0 Å². The quantitative estimate of drug-likeness (QED) is 0.676. The molecule has 110 valence electrons. The summed E-state index contributed by atoms with van der Waals surface area (Å²) >= 11 is 0. The predicted octanol–water partition coefficient (Wildman–Crippen LogP) is 3.57. The topological polar surface area (TPSA) is 70.3 Å². The Bertz CT molecular complexity index is 722. The van der Waals surface area contributed by atoms with Gasteiger partial charge in [-0.15, -0.1) is 0 Å². The fourth-order valence-corrected chi connectivity index (χ4v) is 1.82. The maximum Gasteiger partial charge on any atom is 0.346 e. The van der Waals surface area contributed by atoms with Gasteiger partial charge in [-0.1, -0.05) is 42.0 Å². The average Bonchev–Trinajstić information content (AvgIpc) is 2.53. The molecule has 0 spiro atoms. The highest BCUT2D eigenvalue weighted by Gasteiger charge is 2.05. The average molecular weight is 293 g/mol. The maximum absolute atomic E-state index is 10.8. The molecule has 2 aromatic rings. The zero-order chi connectivity index (χ0) is 15.9. The Balaban J connectivity index is 2.02. The molecule has 22 heavy (non-hydrogen) atoms. The summed E-state index contributed by atoms with van der Waals surface area (Å²) in [6, 6.07) is 16.7. The van der Waals surface area contributed by atoms with Crippen molar-refractivity contribution in [2.75, 3.05) is 0 Å². The van der Waals surface area contributed by atoms with E-state index in [0.29, 0.717) is 17.9 Å². The summed E-state index contributed by atoms with van der Waals surface area (Å²) in [6.45, 7) is 2.50. The molecule has 1 N–H and O–H groups in total. The third kappa shape index (κ3) is 4.22. The SMILES string of the molecule is Cc1ccc(COc2ccc(/C=C(\C#N)C(=O)O)cc2)cc1. The van der Waals surface area contributed by atoms with Gasteiger partial charge in [0.2, 0.25) is 0 Å². The lowest BCUT2D eigenvalue weighted by atomic mass is 10.1. The van der Waals surface area contributed by atoms with Crippen molar-refractivity contribution >= 4 is 12.0 Å². The number of carboxylic acid groups (broad SMARTS) is 1. The number of rotatable bonds is 5. The van der Waals surface area contributed by atoms with Crippen LogP contribution in [0.25, 0.3) is 6.08 Å². The van der Waals surface area contributed by atoms with Crippen LogP contribution in [0.2, 0.25) is 0 Å². The van der Waals surface area contributed by atoms with Gasteiger partial charge in [0.15, 0.2) is 0 Å². The fourth-order valence-electron chi connectivity index (χ4n) is 1.82. The second-order valence-electron chi connectivity index (χ2n) is 4.82. The van der Waals surface area contributed by atoms with Crippen LogP contribution in [0.3, 0.4) is 0 Å². The Morgan fingerprint density at radius 1 is 1.18 bits per heavy atom. The van der Waals surface area contributed by atoms with Crippen molar-refractivity contribution in [1.29, 1.82) is 5.26 Å². The fraction of sp³-hybridized carbons (Fsp3) is 0.111. The van der Waals surface area contributed by atoms with E-state index >= 15 is 0 Å². The highest BCUT2D eigenvalue weighted by Crippen LogP contribution is 2.16. The molecule has 0 saturated heterocycles. The first-order valence-electron chi connectivity index (χ1n) is 6.72. The molecule has 0 bridgehead atoms. The van der Waals surface area contributed by atoms with Gasteiger partial charge in [0.1, 0.15) is 24.0 Å². The molecule has 0 aliphatic carbocycles. The van der Waals surface area contributed by atoms with E-state index < -0.39 is 5.97 Å². The van der Waals surface area contributed by atoms with E-state index in [2.05, 4.69) is 0 Å². The van der Waals surface area contributed by atoms with E-state index in [-0.39, 0.29) is 5.57 Å². The van der Waals surface area contributed by atoms with Gasteiger partial charge in [-0.3, -0.25) is 0 Å². The highest BCUT2D eigenvalue weighted by atomic mass is 16.5. The third-order valence-corrected chi connectivity index (χ3v) is 3.07. The molecule has 0 fully saturated rings. The highest BCUT2D eigenvalue weighted by molar-refractivity contribution is 5.96. The van der Waals surface area contributed by atoms with E-state index in [0.717, 1.165) is 5.56 Å². The number of hydrogen-bond donors (Lipinski definition) is 1. The van der Waals surface area contributed by atoms with E-state index in [1.165, 1.54) is 11.6 Å². The molecule has 4 nitrogen and oxygen atoms in total. The lowest BCUT2D eigenvalue weighted by molar-refractivity contribution is -0.132. The minimum Gasteiger partial charge on any atom is -0.489 e. The first-order chi connectivity index (χ1) is 10.6. The number of nitriles is 1. The molecule has 0 aliphatic rings.